The molecule has 0 heterocycles. The number of amides is 2. The molecule has 2 rings (SSSR count). The Hall–Kier alpha value is -2.57. The quantitative estimate of drug-likeness (QED) is 0.574. The maximum Gasteiger partial charge on any atom is 0.329 e. The van der Waals surface area contributed by atoms with Crippen LogP contribution >= 0.6 is 23.2 Å². The molecular weight excluding hydrogens is 427 g/mol. The second-order valence-electron chi connectivity index (χ2n) is 7.28. The molecule has 0 aromatic heterocycles. The highest BCUT2D eigenvalue weighted by molar-refractivity contribution is 6.31. The van der Waals surface area contributed by atoms with Crippen molar-refractivity contribution in [3.63, 3.8) is 0 Å². The molecule has 6 nitrogen and oxygen atoms in total. The molecular formula is C22H24Cl2N2O4. The summed E-state index contributed by atoms with van der Waals surface area (Å²) in [6, 6.07) is 10.5. The molecule has 1 atom stereocenters. The van der Waals surface area contributed by atoms with Crippen molar-refractivity contribution in [1.82, 2.24) is 5.32 Å². The van der Waals surface area contributed by atoms with Crippen LogP contribution in [0, 0.1) is 12.8 Å². The van der Waals surface area contributed by atoms with Crippen LogP contribution in [0.1, 0.15) is 36.2 Å². The molecule has 0 saturated carbocycles. The summed E-state index contributed by atoms with van der Waals surface area (Å²) in [7, 11) is 0. The van der Waals surface area contributed by atoms with Gasteiger partial charge in [-0.3, -0.25) is 9.59 Å². The number of carbonyl (C=O) groups is 3. The van der Waals surface area contributed by atoms with Crippen LogP contribution in [0.25, 0.3) is 0 Å². The number of ether oxygens (including phenoxy) is 1. The van der Waals surface area contributed by atoms with E-state index < -0.39 is 30.4 Å². The highest BCUT2D eigenvalue weighted by Gasteiger charge is 2.24. The highest BCUT2D eigenvalue weighted by atomic mass is 35.5. The zero-order chi connectivity index (χ0) is 22.3. The monoisotopic (exact) mass is 450 g/mol. The molecule has 0 radical (unpaired) electrons. The van der Waals surface area contributed by atoms with Gasteiger partial charge in [0, 0.05) is 21.3 Å². The lowest BCUT2D eigenvalue weighted by molar-refractivity contribution is -0.149. The van der Waals surface area contributed by atoms with Crippen LogP contribution in [0.5, 0.6) is 0 Å². The molecule has 30 heavy (non-hydrogen) atoms. The van der Waals surface area contributed by atoms with Gasteiger partial charge in [0.1, 0.15) is 6.04 Å². The molecule has 8 heteroatoms. The summed E-state index contributed by atoms with van der Waals surface area (Å²) in [5.41, 5.74) is 1.74. The predicted molar refractivity (Wildman–Crippen MR) is 118 cm³/mol. The van der Waals surface area contributed by atoms with Crippen LogP contribution in [-0.4, -0.2) is 30.4 Å². The summed E-state index contributed by atoms with van der Waals surface area (Å²) in [4.78, 5) is 37.1. The van der Waals surface area contributed by atoms with E-state index in [0.29, 0.717) is 27.7 Å². The van der Waals surface area contributed by atoms with E-state index >= 15 is 0 Å². The molecule has 0 aliphatic heterocycles. The van der Waals surface area contributed by atoms with E-state index in [1.165, 1.54) is 0 Å². The first-order chi connectivity index (χ1) is 14.2. The van der Waals surface area contributed by atoms with Crippen LogP contribution < -0.4 is 10.6 Å². The van der Waals surface area contributed by atoms with Gasteiger partial charge in [-0.15, -0.1) is 0 Å². The summed E-state index contributed by atoms with van der Waals surface area (Å²) in [6.07, 6.45) is 0.368. The molecule has 0 saturated heterocycles. The van der Waals surface area contributed by atoms with Crippen molar-refractivity contribution in [3.05, 3.63) is 63.6 Å². The molecule has 2 aromatic carbocycles. The van der Waals surface area contributed by atoms with E-state index in [0.717, 1.165) is 5.56 Å². The fourth-order valence-electron chi connectivity index (χ4n) is 2.68. The lowest BCUT2D eigenvalue weighted by Gasteiger charge is -2.19. The third kappa shape index (κ3) is 7.35. The van der Waals surface area contributed by atoms with Crippen molar-refractivity contribution in [2.45, 2.75) is 33.2 Å². The molecule has 2 N–H and O–H groups in total. The van der Waals surface area contributed by atoms with Crippen molar-refractivity contribution in [1.29, 1.82) is 0 Å². The molecule has 0 fully saturated rings. The minimum atomic E-state index is -0.881. The Morgan fingerprint density at radius 2 is 1.63 bits per heavy atom. The number of esters is 1. The average molecular weight is 451 g/mol. The third-order valence-electron chi connectivity index (χ3n) is 4.22. The lowest BCUT2D eigenvalue weighted by atomic mass is 10.0. The van der Waals surface area contributed by atoms with Crippen molar-refractivity contribution < 1.29 is 19.1 Å². The molecule has 0 spiro atoms. The van der Waals surface area contributed by atoms with E-state index in [-0.39, 0.29) is 5.92 Å². The minimum Gasteiger partial charge on any atom is -0.454 e. The molecule has 2 amide bonds. The van der Waals surface area contributed by atoms with Crippen molar-refractivity contribution in [2.24, 2.45) is 5.92 Å². The summed E-state index contributed by atoms with van der Waals surface area (Å²) < 4.78 is 5.15. The largest absolute Gasteiger partial charge is 0.454 e. The Morgan fingerprint density at radius 1 is 1.00 bits per heavy atom. The van der Waals surface area contributed by atoms with Crippen LogP contribution in [0.3, 0.4) is 0 Å². The maximum atomic E-state index is 12.5. The van der Waals surface area contributed by atoms with Crippen LogP contribution in [0.2, 0.25) is 10.0 Å². The number of hydrogen-bond acceptors (Lipinski definition) is 4. The Balaban J connectivity index is 1.97. The fourth-order valence-corrected chi connectivity index (χ4v) is 2.98. The number of benzene rings is 2. The standard InChI is InChI=1S/C22H24Cl2N2O4/c1-13(2)10-19(26-21(28)15-5-8-16(23)9-6-15)22(29)30-12-20(27)25-18-11-17(24)7-4-14(18)3/h4-9,11,13,19H,10,12H2,1-3H3,(H,25,27)(H,26,28)/t19-/m1/s1. The van der Waals surface area contributed by atoms with E-state index in [4.69, 9.17) is 27.9 Å². The second-order valence-corrected chi connectivity index (χ2v) is 8.15. The lowest BCUT2D eigenvalue weighted by Crippen LogP contribution is -2.43. The zero-order valence-electron chi connectivity index (χ0n) is 17.0. The summed E-state index contributed by atoms with van der Waals surface area (Å²) in [5, 5.41) is 6.31. The number of hydrogen-bond donors (Lipinski definition) is 2. The SMILES string of the molecule is Cc1ccc(Cl)cc1NC(=O)COC(=O)[C@@H](CC(C)C)NC(=O)c1ccc(Cl)cc1. The van der Waals surface area contributed by atoms with Crippen molar-refractivity contribution in [3.8, 4) is 0 Å². The smallest absolute Gasteiger partial charge is 0.329 e. The fraction of sp³-hybridized carbons (Fsp3) is 0.318. The molecule has 2 aromatic rings. The van der Waals surface area contributed by atoms with Gasteiger partial charge in [0.2, 0.25) is 0 Å². The van der Waals surface area contributed by atoms with Crippen LogP contribution in [0.4, 0.5) is 5.69 Å². The Labute approximate surface area is 185 Å². The van der Waals surface area contributed by atoms with Gasteiger partial charge in [-0.05, 0) is 61.2 Å². The van der Waals surface area contributed by atoms with Gasteiger partial charge in [0.05, 0.1) is 0 Å². The Bertz CT molecular complexity index is 914. The summed E-state index contributed by atoms with van der Waals surface area (Å²) in [6.45, 7) is 5.19. The van der Waals surface area contributed by atoms with Crippen molar-refractivity contribution >= 4 is 46.7 Å². The molecule has 0 aliphatic rings. The average Bonchev–Trinajstić information content (AvgIpc) is 2.68. The molecule has 160 valence electrons. The number of aryl methyl sites for hydroxylation is 1. The normalized spacial score (nSPS) is 11.7. The summed E-state index contributed by atoms with van der Waals surface area (Å²) >= 11 is 11.8. The van der Waals surface area contributed by atoms with Crippen LogP contribution in [-0.2, 0) is 14.3 Å². The first-order valence-electron chi connectivity index (χ1n) is 9.44. The predicted octanol–water partition coefficient (Wildman–Crippen LogP) is 4.63. The van der Waals surface area contributed by atoms with E-state index in [1.807, 2.05) is 20.8 Å². The first kappa shape index (κ1) is 23.7. The van der Waals surface area contributed by atoms with Gasteiger partial charge in [-0.2, -0.15) is 0 Å². The number of halogens is 2. The Kier molecular flexibility index (Phi) is 8.69. The molecule has 0 bridgehead atoms. The van der Waals surface area contributed by atoms with Gasteiger partial charge in [0.25, 0.3) is 11.8 Å². The van der Waals surface area contributed by atoms with E-state index in [2.05, 4.69) is 10.6 Å². The van der Waals surface area contributed by atoms with Crippen molar-refractivity contribution in [2.75, 3.05) is 11.9 Å². The van der Waals surface area contributed by atoms with Gasteiger partial charge in [0.15, 0.2) is 6.61 Å². The molecule has 0 aliphatic carbocycles. The number of nitrogens with one attached hydrogen (secondary N) is 2. The van der Waals surface area contributed by atoms with E-state index in [1.54, 1.807) is 42.5 Å². The minimum absolute atomic E-state index is 0.121. The van der Waals surface area contributed by atoms with Gasteiger partial charge in [-0.1, -0.05) is 43.1 Å². The van der Waals surface area contributed by atoms with Gasteiger partial charge in [-0.25, -0.2) is 4.79 Å². The van der Waals surface area contributed by atoms with Gasteiger partial charge < -0.3 is 15.4 Å². The van der Waals surface area contributed by atoms with Gasteiger partial charge >= 0.3 is 5.97 Å². The topological polar surface area (TPSA) is 84.5 Å². The molecule has 0 unspecified atom stereocenters. The Morgan fingerprint density at radius 3 is 2.27 bits per heavy atom. The van der Waals surface area contributed by atoms with Crippen LogP contribution in [0.15, 0.2) is 42.5 Å². The van der Waals surface area contributed by atoms with E-state index in [9.17, 15) is 14.4 Å². The summed E-state index contributed by atoms with van der Waals surface area (Å²) in [5.74, 6) is -1.48. The number of carbonyl (C=O) groups excluding carboxylic acids is 3. The maximum absolute atomic E-state index is 12.5. The number of anilines is 1. The first-order valence-corrected chi connectivity index (χ1v) is 10.2. The second kappa shape index (κ2) is 11.0. The highest BCUT2D eigenvalue weighted by Crippen LogP contribution is 2.20. The number of rotatable bonds is 8. The third-order valence-corrected chi connectivity index (χ3v) is 4.71. The zero-order valence-corrected chi connectivity index (χ0v) is 18.5.